The second-order valence-corrected chi connectivity index (χ2v) is 4.05. The van der Waals surface area contributed by atoms with Crippen LogP contribution < -0.4 is 0 Å². The predicted molar refractivity (Wildman–Crippen MR) is 74.6 cm³/mol. The molecule has 0 aromatic carbocycles. The van der Waals surface area contributed by atoms with Crippen molar-refractivity contribution >= 4 is 11.9 Å². The molecule has 104 valence electrons. The highest BCUT2D eigenvalue weighted by Crippen LogP contribution is 2.23. The van der Waals surface area contributed by atoms with Crippen LogP contribution in [0.15, 0.2) is 49.1 Å². The fourth-order valence-electron chi connectivity index (χ4n) is 1.25. The van der Waals surface area contributed by atoms with E-state index in [0.29, 0.717) is 0 Å². The van der Waals surface area contributed by atoms with Gasteiger partial charge in [-0.2, -0.15) is 0 Å². The minimum absolute atomic E-state index is 0.124. The van der Waals surface area contributed by atoms with E-state index in [1.165, 1.54) is 18.2 Å². The third kappa shape index (κ3) is 7.03. The van der Waals surface area contributed by atoms with Crippen molar-refractivity contribution in [3.05, 3.63) is 49.1 Å². The maximum Gasteiger partial charge on any atom is 0.319 e. The molecule has 0 bridgehead atoms. The van der Waals surface area contributed by atoms with Crippen LogP contribution in [-0.4, -0.2) is 23.7 Å². The molecule has 0 saturated heterocycles. The van der Waals surface area contributed by atoms with Crippen LogP contribution in [0.1, 0.15) is 20.3 Å². The fraction of sp³-hybridized carbons (Fsp3) is 0.333. The fourth-order valence-corrected chi connectivity index (χ4v) is 1.25. The van der Waals surface area contributed by atoms with E-state index in [4.69, 9.17) is 9.84 Å². The molecule has 0 saturated carbocycles. The summed E-state index contributed by atoms with van der Waals surface area (Å²) in [6.07, 6.45) is 11.3. The van der Waals surface area contributed by atoms with Gasteiger partial charge in [0.2, 0.25) is 0 Å². The standard InChI is InChI=1S/C15H20O4/c1-4-6-7-10-15(3,11-8-9-13(16)17)14(18)19-12-5-2/h4-8,10-11H,2,9,12H2,1,3H3,(H,16,17)/b6-4-,10-7-,11-8-. The number of carbonyl (C=O) groups excluding carboxylic acids is 1. The average Bonchev–Trinajstić information content (AvgIpc) is 2.35. The summed E-state index contributed by atoms with van der Waals surface area (Å²) < 4.78 is 5.01. The number of allylic oxidation sites excluding steroid dienone is 3. The summed E-state index contributed by atoms with van der Waals surface area (Å²) in [6.45, 7) is 7.12. The van der Waals surface area contributed by atoms with Crippen LogP contribution in [0.2, 0.25) is 0 Å². The molecule has 4 heteroatoms. The Kier molecular flexibility index (Phi) is 7.93. The smallest absolute Gasteiger partial charge is 0.319 e. The Morgan fingerprint density at radius 2 is 2.00 bits per heavy atom. The number of rotatable bonds is 8. The highest BCUT2D eigenvalue weighted by atomic mass is 16.5. The first-order valence-corrected chi connectivity index (χ1v) is 5.94. The lowest BCUT2D eigenvalue weighted by Crippen LogP contribution is -2.26. The van der Waals surface area contributed by atoms with E-state index >= 15 is 0 Å². The SMILES string of the molecule is C=CCOC(=O)C(C)(/C=C\C=C/C)/C=C\CC(=O)O. The van der Waals surface area contributed by atoms with Gasteiger partial charge in [-0.25, -0.2) is 0 Å². The van der Waals surface area contributed by atoms with Crippen LogP contribution in [0.25, 0.3) is 0 Å². The number of hydrogen-bond acceptors (Lipinski definition) is 3. The zero-order valence-electron chi connectivity index (χ0n) is 11.3. The highest BCUT2D eigenvalue weighted by Gasteiger charge is 2.28. The average molecular weight is 264 g/mol. The molecular weight excluding hydrogens is 244 g/mol. The molecule has 0 spiro atoms. The summed E-state index contributed by atoms with van der Waals surface area (Å²) in [5.41, 5.74) is -0.988. The molecule has 0 aromatic rings. The molecule has 0 amide bonds. The largest absolute Gasteiger partial charge is 0.481 e. The molecule has 0 aliphatic heterocycles. The van der Waals surface area contributed by atoms with E-state index in [0.717, 1.165) is 0 Å². The number of carbonyl (C=O) groups is 2. The van der Waals surface area contributed by atoms with Gasteiger partial charge in [-0.1, -0.05) is 49.1 Å². The van der Waals surface area contributed by atoms with Gasteiger partial charge >= 0.3 is 11.9 Å². The topological polar surface area (TPSA) is 63.6 Å². The molecule has 1 unspecified atom stereocenters. The van der Waals surface area contributed by atoms with E-state index in [9.17, 15) is 9.59 Å². The Labute approximate surface area is 113 Å². The monoisotopic (exact) mass is 264 g/mol. The second-order valence-electron chi connectivity index (χ2n) is 4.05. The predicted octanol–water partition coefficient (Wildman–Crippen LogP) is 2.89. The van der Waals surface area contributed by atoms with Crippen LogP contribution in [0.5, 0.6) is 0 Å². The van der Waals surface area contributed by atoms with Gasteiger partial charge in [-0.05, 0) is 13.8 Å². The first kappa shape index (κ1) is 16.9. The number of ether oxygens (including phenoxy) is 1. The number of carboxylic acids is 1. The quantitative estimate of drug-likeness (QED) is 0.416. The summed E-state index contributed by atoms with van der Waals surface area (Å²) in [5.74, 6) is -1.40. The van der Waals surface area contributed by atoms with Gasteiger partial charge in [0, 0.05) is 0 Å². The number of esters is 1. The molecule has 1 N–H and O–H groups in total. The minimum atomic E-state index is -0.988. The van der Waals surface area contributed by atoms with Gasteiger partial charge in [0.25, 0.3) is 0 Å². The molecule has 4 nitrogen and oxygen atoms in total. The Morgan fingerprint density at radius 1 is 1.32 bits per heavy atom. The molecule has 0 fully saturated rings. The third-order valence-electron chi connectivity index (χ3n) is 2.27. The van der Waals surface area contributed by atoms with E-state index in [-0.39, 0.29) is 13.0 Å². The summed E-state index contributed by atoms with van der Waals surface area (Å²) in [4.78, 5) is 22.4. The molecule has 1 atom stereocenters. The molecule has 0 aromatic heterocycles. The van der Waals surface area contributed by atoms with Crippen molar-refractivity contribution in [1.82, 2.24) is 0 Å². The van der Waals surface area contributed by atoms with Gasteiger partial charge in [-0.15, -0.1) is 0 Å². The molecule has 0 aliphatic carbocycles. The van der Waals surface area contributed by atoms with Crippen LogP contribution >= 0.6 is 0 Å². The molecule has 0 rings (SSSR count). The summed E-state index contributed by atoms with van der Waals surface area (Å²) in [5, 5.41) is 8.59. The minimum Gasteiger partial charge on any atom is -0.481 e. The lowest BCUT2D eigenvalue weighted by Gasteiger charge is -2.19. The lowest BCUT2D eigenvalue weighted by atomic mass is 9.89. The Hall–Kier alpha value is -2.10. The summed E-state index contributed by atoms with van der Waals surface area (Å²) >= 11 is 0. The van der Waals surface area contributed by atoms with Crippen molar-refractivity contribution in [1.29, 1.82) is 0 Å². The van der Waals surface area contributed by atoms with E-state index in [1.54, 1.807) is 25.2 Å². The summed E-state index contributed by atoms with van der Waals surface area (Å²) in [7, 11) is 0. The zero-order chi connectivity index (χ0) is 14.7. The number of hydrogen-bond donors (Lipinski definition) is 1. The van der Waals surface area contributed by atoms with Crippen molar-refractivity contribution in [3.63, 3.8) is 0 Å². The van der Waals surface area contributed by atoms with Gasteiger partial charge < -0.3 is 9.84 Å². The maximum atomic E-state index is 11.9. The second kappa shape index (κ2) is 8.91. The Balaban J connectivity index is 4.99. The molecule has 0 aliphatic rings. The van der Waals surface area contributed by atoms with Crippen molar-refractivity contribution in [2.45, 2.75) is 20.3 Å². The third-order valence-corrected chi connectivity index (χ3v) is 2.27. The van der Waals surface area contributed by atoms with Gasteiger partial charge in [0.1, 0.15) is 12.0 Å². The van der Waals surface area contributed by atoms with Crippen molar-refractivity contribution in [3.8, 4) is 0 Å². The van der Waals surface area contributed by atoms with Crippen LogP contribution in [0.4, 0.5) is 0 Å². The normalized spacial score (nSPS) is 14.8. The van der Waals surface area contributed by atoms with Crippen LogP contribution in [0, 0.1) is 5.41 Å². The van der Waals surface area contributed by atoms with E-state index in [2.05, 4.69) is 6.58 Å². The van der Waals surface area contributed by atoms with Gasteiger partial charge in [0.05, 0.1) is 6.42 Å². The van der Waals surface area contributed by atoms with Crippen LogP contribution in [0.3, 0.4) is 0 Å². The van der Waals surface area contributed by atoms with E-state index in [1.807, 2.05) is 13.0 Å². The first-order chi connectivity index (χ1) is 8.96. The van der Waals surface area contributed by atoms with Crippen molar-refractivity contribution in [2.75, 3.05) is 6.61 Å². The van der Waals surface area contributed by atoms with Crippen molar-refractivity contribution in [2.24, 2.45) is 5.41 Å². The number of carboxylic acid groups (broad SMARTS) is 1. The molecular formula is C15H20O4. The Morgan fingerprint density at radius 3 is 2.53 bits per heavy atom. The van der Waals surface area contributed by atoms with Crippen LogP contribution in [-0.2, 0) is 14.3 Å². The first-order valence-electron chi connectivity index (χ1n) is 5.94. The Bertz CT molecular complexity index is 404. The molecule has 0 heterocycles. The number of aliphatic carboxylic acids is 1. The van der Waals surface area contributed by atoms with E-state index < -0.39 is 17.4 Å². The molecule has 19 heavy (non-hydrogen) atoms. The maximum absolute atomic E-state index is 11.9. The summed E-state index contributed by atoms with van der Waals surface area (Å²) in [6, 6.07) is 0. The zero-order valence-corrected chi connectivity index (χ0v) is 11.3. The van der Waals surface area contributed by atoms with Gasteiger partial charge in [0.15, 0.2) is 0 Å². The lowest BCUT2D eigenvalue weighted by molar-refractivity contribution is -0.148. The highest BCUT2D eigenvalue weighted by molar-refractivity contribution is 5.81. The van der Waals surface area contributed by atoms with Crippen molar-refractivity contribution < 1.29 is 19.4 Å². The van der Waals surface area contributed by atoms with Gasteiger partial charge in [-0.3, -0.25) is 9.59 Å². The molecule has 0 radical (unpaired) electrons.